The number of carbonyl (C=O) groups is 2. The molecule has 8 nitrogen and oxygen atoms in total. The van der Waals surface area contributed by atoms with Crippen molar-refractivity contribution in [2.75, 3.05) is 0 Å². The molecule has 0 aliphatic heterocycles. The maximum absolute atomic E-state index is 11.5. The molecule has 0 aromatic heterocycles. The van der Waals surface area contributed by atoms with Crippen LogP contribution in [0, 0.1) is 0 Å². The zero-order chi connectivity index (χ0) is 13.9. The highest BCUT2D eigenvalue weighted by molar-refractivity contribution is 7.87. The Hall–Kier alpha value is -1.19. The predicted octanol–water partition coefficient (Wildman–Crippen LogP) is -0.863. The highest BCUT2D eigenvalue weighted by Gasteiger charge is 2.28. The van der Waals surface area contributed by atoms with Gasteiger partial charge in [0.25, 0.3) is 10.2 Å². The molecule has 1 atom stereocenters. The van der Waals surface area contributed by atoms with Gasteiger partial charge in [-0.1, -0.05) is 0 Å². The van der Waals surface area contributed by atoms with E-state index in [1.807, 2.05) is 0 Å². The quantitative estimate of drug-likeness (QED) is 0.495. The van der Waals surface area contributed by atoms with E-state index in [0.29, 0.717) is 0 Å². The first-order valence-electron chi connectivity index (χ1n) is 4.69. The van der Waals surface area contributed by atoms with E-state index in [2.05, 4.69) is 4.72 Å². The summed E-state index contributed by atoms with van der Waals surface area (Å²) in [6.07, 6.45) is -0.833. The molecule has 0 amide bonds. The van der Waals surface area contributed by atoms with Crippen molar-refractivity contribution in [3.8, 4) is 0 Å². The van der Waals surface area contributed by atoms with E-state index in [0.717, 1.165) is 0 Å². The number of hydrogen-bond donors (Lipinski definition) is 4. The maximum atomic E-state index is 11.5. The normalized spacial score (nSPS) is 14.3. The molecule has 0 aliphatic rings. The molecule has 0 saturated carbocycles. The fraction of sp³-hybridized carbons (Fsp3) is 0.750. The molecule has 0 rings (SSSR count). The van der Waals surface area contributed by atoms with Crippen LogP contribution in [-0.4, -0.2) is 42.2 Å². The molecule has 17 heavy (non-hydrogen) atoms. The molecule has 9 heteroatoms. The SMILES string of the molecule is CC(C)(C)NS(=O)(=O)N[C@@H](CC(=O)O)C(=O)O. The Morgan fingerprint density at radius 2 is 1.71 bits per heavy atom. The summed E-state index contributed by atoms with van der Waals surface area (Å²) in [6.45, 7) is 4.71. The van der Waals surface area contributed by atoms with Crippen molar-refractivity contribution in [3.05, 3.63) is 0 Å². The second kappa shape index (κ2) is 5.43. The van der Waals surface area contributed by atoms with Crippen molar-refractivity contribution in [2.45, 2.75) is 38.8 Å². The minimum atomic E-state index is -4.07. The molecule has 0 bridgehead atoms. The second-order valence-electron chi connectivity index (χ2n) is 4.46. The van der Waals surface area contributed by atoms with Crippen LogP contribution in [0.2, 0.25) is 0 Å². The summed E-state index contributed by atoms with van der Waals surface area (Å²) in [4.78, 5) is 21.0. The Labute approximate surface area is 99.2 Å². The fourth-order valence-electron chi connectivity index (χ4n) is 0.974. The number of rotatable bonds is 6. The molecule has 0 heterocycles. The lowest BCUT2D eigenvalue weighted by Gasteiger charge is -2.22. The topological polar surface area (TPSA) is 133 Å². The van der Waals surface area contributed by atoms with Gasteiger partial charge in [-0.3, -0.25) is 9.59 Å². The molecule has 0 radical (unpaired) electrons. The summed E-state index contributed by atoms with van der Waals surface area (Å²) in [6, 6.07) is -1.70. The van der Waals surface area contributed by atoms with Crippen LogP contribution in [0.5, 0.6) is 0 Å². The zero-order valence-corrected chi connectivity index (χ0v) is 10.5. The minimum Gasteiger partial charge on any atom is -0.481 e. The van der Waals surface area contributed by atoms with Crippen molar-refractivity contribution >= 4 is 22.1 Å². The summed E-state index contributed by atoms with van der Waals surface area (Å²) >= 11 is 0. The smallest absolute Gasteiger partial charge is 0.322 e. The minimum absolute atomic E-state index is 0.794. The van der Waals surface area contributed by atoms with Crippen LogP contribution >= 0.6 is 0 Å². The van der Waals surface area contributed by atoms with Gasteiger partial charge in [0.2, 0.25) is 0 Å². The van der Waals surface area contributed by atoms with Crippen LogP contribution in [-0.2, 0) is 19.8 Å². The third-order valence-corrected chi connectivity index (χ3v) is 2.89. The molecule has 4 N–H and O–H groups in total. The molecule has 0 unspecified atom stereocenters. The molecule has 0 aromatic carbocycles. The highest BCUT2D eigenvalue weighted by atomic mass is 32.2. The number of nitrogens with one attached hydrogen (secondary N) is 2. The molecule has 100 valence electrons. The summed E-state index contributed by atoms with van der Waals surface area (Å²) in [5.41, 5.74) is -0.794. The van der Waals surface area contributed by atoms with Crippen LogP contribution in [0.25, 0.3) is 0 Å². The third-order valence-electron chi connectivity index (χ3n) is 1.41. The predicted molar refractivity (Wildman–Crippen MR) is 58.6 cm³/mol. The fourth-order valence-corrected chi connectivity index (χ4v) is 2.40. The van der Waals surface area contributed by atoms with Crippen LogP contribution in [0.4, 0.5) is 0 Å². The number of aliphatic carboxylic acids is 2. The molecular weight excluding hydrogens is 252 g/mol. The van der Waals surface area contributed by atoms with Crippen molar-refractivity contribution in [1.82, 2.24) is 9.44 Å². The van der Waals surface area contributed by atoms with Gasteiger partial charge in [0.15, 0.2) is 0 Å². The lowest BCUT2D eigenvalue weighted by Crippen LogP contribution is -2.52. The molecule has 0 aliphatic carbocycles. The van der Waals surface area contributed by atoms with E-state index in [4.69, 9.17) is 10.2 Å². The van der Waals surface area contributed by atoms with E-state index < -0.39 is 40.1 Å². The van der Waals surface area contributed by atoms with Gasteiger partial charge >= 0.3 is 11.9 Å². The summed E-state index contributed by atoms with van der Waals surface area (Å²) in [7, 11) is -4.07. The molecular formula is C8H16N2O6S. The van der Waals surface area contributed by atoms with Crippen molar-refractivity contribution < 1.29 is 28.2 Å². The van der Waals surface area contributed by atoms with E-state index in [9.17, 15) is 18.0 Å². The largest absolute Gasteiger partial charge is 0.481 e. The van der Waals surface area contributed by atoms with Crippen LogP contribution < -0.4 is 9.44 Å². The lowest BCUT2D eigenvalue weighted by atomic mass is 10.1. The van der Waals surface area contributed by atoms with E-state index in [1.54, 1.807) is 25.5 Å². The van der Waals surface area contributed by atoms with Gasteiger partial charge in [-0.25, -0.2) is 0 Å². The van der Waals surface area contributed by atoms with Gasteiger partial charge in [0, 0.05) is 5.54 Å². The van der Waals surface area contributed by atoms with Gasteiger partial charge in [-0.05, 0) is 20.8 Å². The standard InChI is InChI=1S/C8H16N2O6S/c1-8(2,3)10-17(15,16)9-5(7(13)14)4-6(11)12/h5,9-10H,4H2,1-3H3,(H,11,12)(H,13,14)/t5-/m0/s1. The Morgan fingerprint density at radius 3 is 2.00 bits per heavy atom. The van der Waals surface area contributed by atoms with Gasteiger partial charge < -0.3 is 10.2 Å². The maximum Gasteiger partial charge on any atom is 0.322 e. The molecule has 0 aromatic rings. The Balaban J connectivity index is 4.76. The van der Waals surface area contributed by atoms with E-state index >= 15 is 0 Å². The van der Waals surface area contributed by atoms with Crippen LogP contribution in [0.1, 0.15) is 27.2 Å². The third kappa shape index (κ3) is 7.66. The zero-order valence-electron chi connectivity index (χ0n) is 9.72. The summed E-state index contributed by atoms with van der Waals surface area (Å²) < 4.78 is 26.8. The van der Waals surface area contributed by atoms with Crippen LogP contribution in [0.3, 0.4) is 0 Å². The number of carboxylic acid groups (broad SMARTS) is 2. The Bertz CT molecular complexity index is 397. The van der Waals surface area contributed by atoms with E-state index in [1.165, 1.54) is 0 Å². The first kappa shape index (κ1) is 15.8. The Kier molecular flexibility index (Phi) is 5.05. The molecule has 0 saturated heterocycles. The van der Waals surface area contributed by atoms with E-state index in [-0.39, 0.29) is 0 Å². The van der Waals surface area contributed by atoms with Gasteiger partial charge in [-0.2, -0.15) is 17.9 Å². The molecule has 0 fully saturated rings. The summed E-state index contributed by atoms with van der Waals surface area (Å²) in [5, 5.41) is 17.1. The number of hydrogen-bond acceptors (Lipinski definition) is 4. The average molecular weight is 268 g/mol. The Morgan fingerprint density at radius 1 is 1.24 bits per heavy atom. The van der Waals surface area contributed by atoms with Crippen molar-refractivity contribution in [1.29, 1.82) is 0 Å². The van der Waals surface area contributed by atoms with Gasteiger partial charge in [0.1, 0.15) is 6.04 Å². The summed E-state index contributed by atoms with van der Waals surface area (Å²) in [5.74, 6) is -2.96. The first-order valence-corrected chi connectivity index (χ1v) is 6.17. The lowest BCUT2D eigenvalue weighted by molar-refractivity contribution is -0.145. The first-order chi connectivity index (χ1) is 7.43. The van der Waals surface area contributed by atoms with Gasteiger partial charge in [0.05, 0.1) is 6.42 Å². The van der Waals surface area contributed by atoms with Crippen molar-refractivity contribution in [2.24, 2.45) is 0 Å². The highest BCUT2D eigenvalue weighted by Crippen LogP contribution is 2.02. The number of carboxylic acids is 2. The average Bonchev–Trinajstić information content (AvgIpc) is 1.95. The second-order valence-corrected chi connectivity index (χ2v) is 5.91. The monoisotopic (exact) mass is 268 g/mol. The molecule has 0 spiro atoms. The van der Waals surface area contributed by atoms with Crippen LogP contribution in [0.15, 0.2) is 0 Å². The van der Waals surface area contributed by atoms with Crippen molar-refractivity contribution in [3.63, 3.8) is 0 Å². The van der Waals surface area contributed by atoms with Gasteiger partial charge in [-0.15, -0.1) is 0 Å².